The number of aryl methyl sites for hydroxylation is 1. The summed E-state index contributed by atoms with van der Waals surface area (Å²) in [6.07, 6.45) is 0.120. The van der Waals surface area contributed by atoms with Crippen molar-refractivity contribution in [3.05, 3.63) is 73.6 Å². The van der Waals surface area contributed by atoms with Gasteiger partial charge in [-0.15, -0.1) is 0 Å². The van der Waals surface area contributed by atoms with Gasteiger partial charge >= 0.3 is 0 Å². The molecule has 8 heteroatoms. The summed E-state index contributed by atoms with van der Waals surface area (Å²) in [5.74, 6) is -1.96. The van der Waals surface area contributed by atoms with Crippen molar-refractivity contribution in [1.29, 1.82) is 0 Å². The quantitative estimate of drug-likeness (QED) is 0.595. The molecule has 3 aromatic rings. The SMILES string of the molecule is Cn1[nH]c2c(Cc3ccc(F)c(F)c3)cc([N+](=O)[O-])cc2c1=O. The van der Waals surface area contributed by atoms with Crippen molar-refractivity contribution in [3.8, 4) is 0 Å². The number of halogens is 2. The lowest BCUT2D eigenvalue weighted by Crippen LogP contribution is -2.11. The van der Waals surface area contributed by atoms with Crippen molar-refractivity contribution in [3.63, 3.8) is 0 Å². The van der Waals surface area contributed by atoms with Gasteiger partial charge in [0, 0.05) is 19.2 Å². The van der Waals surface area contributed by atoms with E-state index in [0.717, 1.165) is 12.1 Å². The van der Waals surface area contributed by atoms with Gasteiger partial charge < -0.3 is 0 Å². The highest BCUT2D eigenvalue weighted by Gasteiger charge is 2.17. The van der Waals surface area contributed by atoms with E-state index in [9.17, 15) is 23.7 Å². The fourth-order valence-electron chi connectivity index (χ4n) is 2.50. The second kappa shape index (κ2) is 5.31. The standard InChI is InChI=1S/C15H11F2N3O3/c1-19-15(21)11-7-10(20(22)23)6-9(14(11)18-19)4-8-2-3-12(16)13(17)5-8/h2-3,5-7,18H,4H2,1H3. The number of nitrogens with zero attached hydrogens (tertiary/aromatic N) is 2. The molecule has 1 aromatic heterocycles. The lowest BCUT2D eigenvalue weighted by molar-refractivity contribution is -0.384. The van der Waals surface area contributed by atoms with E-state index < -0.39 is 22.1 Å². The molecule has 118 valence electrons. The Morgan fingerprint density at radius 1 is 1.22 bits per heavy atom. The third-order valence-electron chi connectivity index (χ3n) is 3.61. The molecule has 0 aliphatic heterocycles. The van der Waals surface area contributed by atoms with Gasteiger partial charge in [-0.2, -0.15) is 0 Å². The Hall–Kier alpha value is -3.03. The van der Waals surface area contributed by atoms with Crippen molar-refractivity contribution < 1.29 is 13.7 Å². The maximum Gasteiger partial charge on any atom is 0.274 e. The van der Waals surface area contributed by atoms with E-state index in [4.69, 9.17) is 0 Å². The third-order valence-corrected chi connectivity index (χ3v) is 3.61. The van der Waals surface area contributed by atoms with Crippen LogP contribution in [0.5, 0.6) is 0 Å². The van der Waals surface area contributed by atoms with Crippen LogP contribution in [0.25, 0.3) is 10.9 Å². The molecule has 0 aliphatic carbocycles. The van der Waals surface area contributed by atoms with Gasteiger partial charge in [-0.1, -0.05) is 6.07 Å². The molecule has 0 atom stereocenters. The number of hydrogen-bond donors (Lipinski definition) is 1. The van der Waals surface area contributed by atoms with Crippen LogP contribution in [0.15, 0.2) is 35.1 Å². The highest BCUT2D eigenvalue weighted by Crippen LogP contribution is 2.25. The molecule has 0 amide bonds. The number of nitrogens with one attached hydrogen (secondary N) is 1. The van der Waals surface area contributed by atoms with E-state index in [1.54, 1.807) is 0 Å². The Morgan fingerprint density at radius 2 is 1.96 bits per heavy atom. The number of nitro groups is 1. The predicted molar refractivity (Wildman–Crippen MR) is 79.4 cm³/mol. The molecule has 0 saturated carbocycles. The summed E-state index contributed by atoms with van der Waals surface area (Å²) >= 11 is 0. The lowest BCUT2D eigenvalue weighted by Gasteiger charge is -2.05. The van der Waals surface area contributed by atoms with Crippen LogP contribution in [0.4, 0.5) is 14.5 Å². The van der Waals surface area contributed by atoms with E-state index in [2.05, 4.69) is 5.10 Å². The van der Waals surface area contributed by atoms with Crippen molar-refractivity contribution >= 4 is 16.6 Å². The molecule has 0 saturated heterocycles. The topological polar surface area (TPSA) is 80.9 Å². The number of hydrogen-bond acceptors (Lipinski definition) is 3. The zero-order valence-electron chi connectivity index (χ0n) is 12.0. The van der Waals surface area contributed by atoms with Crippen molar-refractivity contribution in [2.45, 2.75) is 6.42 Å². The highest BCUT2D eigenvalue weighted by molar-refractivity contribution is 5.84. The minimum Gasteiger partial charge on any atom is -0.295 e. The molecular weight excluding hydrogens is 308 g/mol. The van der Waals surface area contributed by atoms with Gasteiger partial charge in [-0.3, -0.25) is 24.7 Å². The molecule has 0 spiro atoms. The first kappa shape index (κ1) is 14.9. The van der Waals surface area contributed by atoms with E-state index in [0.29, 0.717) is 16.6 Å². The summed E-state index contributed by atoms with van der Waals surface area (Å²) < 4.78 is 27.5. The first-order chi connectivity index (χ1) is 10.9. The van der Waals surface area contributed by atoms with Crippen LogP contribution in [0.3, 0.4) is 0 Å². The van der Waals surface area contributed by atoms with Crippen LogP contribution in [0.1, 0.15) is 11.1 Å². The zero-order valence-corrected chi connectivity index (χ0v) is 12.0. The van der Waals surface area contributed by atoms with Gasteiger partial charge in [0.25, 0.3) is 11.2 Å². The second-order valence-electron chi connectivity index (χ2n) is 5.19. The number of aromatic nitrogens is 2. The molecule has 23 heavy (non-hydrogen) atoms. The molecule has 0 radical (unpaired) electrons. The van der Waals surface area contributed by atoms with Gasteiger partial charge in [0.05, 0.1) is 15.8 Å². The average Bonchev–Trinajstić information content (AvgIpc) is 2.79. The van der Waals surface area contributed by atoms with Gasteiger partial charge in [0.15, 0.2) is 11.6 Å². The maximum atomic E-state index is 13.3. The van der Waals surface area contributed by atoms with Gasteiger partial charge in [-0.05, 0) is 29.7 Å². The number of non-ortho nitro benzene ring substituents is 1. The molecule has 1 heterocycles. The number of benzene rings is 2. The van der Waals surface area contributed by atoms with Gasteiger partial charge in [0.1, 0.15) is 0 Å². The molecule has 0 unspecified atom stereocenters. The zero-order chi connectivity index (χ0) is 16.7. The van der Waals surface area contributed by atoms with E-state index in [-0.39, 0.29) is 17.5 Å². The molecule has 0 bridgehead atoms. The first-order valence-corrected chi connectivity index (χ1v) is 6.67. The van der Waals surface area contributed by atoms with E-state index in [1.807, 2.05) is 0 Å². The summed E-state index contributed by atoms with van der Waals surface area (Å²) in [4.78, 5) is 22.5. The summed E-state index contributed by atoms with van der Waals surface area (Å²) in [5, 5.41) is 14.0. The average molecular weight is 319 g/mol. The monoisotopic (exact) mass is 319 g/mol. The van der Waals surface area contributed by atoms with Crippen molar-refractivity contribution in [1.82, 2.24) is 9.78 Å². The maximum absolute atomic E-state index is 13.3. The molecule has 3 rings (SSSR count). The molecular formula is C15H11F2N3O3. The van der Waals surface area contributed by atoms with Crippen molar-refractivity contribution in [2.75, 3.05) is 0 Å². The molecule has 6 nitrogen and oxygen atoms in total. The number of fused-ring (bicyclic) bond motifs is 1. The Balaban J connectivity index is 2.18. The summed E-state index contributed by atoms with van der Waals surface area (Å²) in [7, 11) is 1.50. The molecule has 1 N–H and O–H groups in total. The second-order valence-corrected chi connectivity index (χ2v) is 5.19. The summed E-state index contributed by atoms with van der Waals surface area (Å²) in [6, 6.07) is 5.93. The Bertz CT molecular complexity index is 992. The third kappa shape index (κ3) is 2.59. The van der Waals surface area contributed by atoms with E-state index >= 15 is 0 Å². The molecule has 0 aliphatic rings. The Kier molecular flexibility index (Phi) is 3.44. The lowest BCUT2D eigenvalue weighted by atomic mass is 10.0. The Morgan fingerprint density at radius 3 is 2.61 bits per heavy atom. The number of H-pyrrole nitrogens is 1. The Labute approximate surface area is 128 Å². The van der Waals surface area contributed by atoms with Crippen LogP contribution in [0.2, 0.25) is 0 Å². The highest BCUT2D eigenvalue weighted by atomic mass is 19.2. The summed E-state index contributed by atoms with van der Waals surface area (Å²) in [5.41, 5.74) is 0.711. The minimum absolute atomic E-state index is 0.120. The van der Waals surface area contributed by atoms with Crippen LogP contribution >= 0.6 is 0 Å². The largest absolute Gasteiger partial charge is 0.295 e. The number of nitro benzene ring substituents is 1. The summed E-state index contributed by atoms with van der Waals surface area (Å²) in [6.45, 7) is 0. The number of rotatable bonds is 3. The number of aromatic amines is 1. The fourth-order valence-corrected chi connectivity index (χ4v) is 2.50. The molecule has 2 aromatic carbocycles. The van der Waals surface area contributed by atoms with Crippen LogP contribution < -0.4 is 5.56 Å². The fraction of sp³-hybridized carbons (Fsp3) is 0.133. The minimum atomic E-state index is -0.995. The van der Waals surface area contributed by atoms with Crippen LogP contribution in [-0.2, 0) is 13.5 Å². The smallest absolute Gasteiger partial charge is 0.274 e. The van der Waals surface area contributed by atoms with Crippen LogP contribution in [-0.4, -0.2) is 14.7 Å². The molecule has 0 fully saturated rings. The van der Waals surface area contributed by atoms with Crippen LogP contribution in [0, 0.1) is 21.7 Å². The normalized spacial score (nSPS) is 11.1. The predicted octanol–water partition coefficient (Wildman–Crippen LogP) is 2.64. The van der Waals surface area contributed by atoms with Crippen molar-refractivity contribution in [2.24, 2.45) is 7.05 Å². The van der Waals surface area contributed by atoms with E-state index in [1.165, 1.54) is 29.9 Å². The first-order valence-electron chi connectivity index (χ1n) is 6.67. The van der Waals surface area contributed by atoms with Gasteiger partial charge in [0.2, 0.25) is 0 Å². The van der Waals surface area contributed by atoms with Gasteiger partial charge in [-0.25, -0.2) is 8.78 Å².